The van der Waals surface area contributed by atoms with Gasteiger partial charge in [0.05, 0.1) is 5.69 Å². The quantitative estimate of drug-likeness (QED) is 0.933. The Kier molecular flexibility index (Phi) is 4.45. The summed E-state index contributed by atoms with van der Waals surface area (Å²) >= 11 is 0. The second-order valence-electron chi connectivity index (χ2n) is 5.43. The molecule has 3 heterocycles. The number of nitrogens with zero attached hydrogens (tertiary/aromatic N) is 4. The Morgan fingerprint density at radius 3 is 3.00 bits per heavy atom. The average Bonchev–Trinajstić information content (AvgIpc) is 3.05. The summed E-state index contributed by atoms with van der Waals surface area (Å²) in [6, 6.07) is 5.22. The molecule has 1 atom stereocenters. The maximum atomic E-state index is 14.2. The van der Waals surface area contributed by atoms with Crippen molar-refractivity contribution >= 4 is 11.7 Å². The lowest BCUT2D eigenvalue weighted by Crippen LogP contribution is -2.32. The summed E-state index contributed by atoms with van der Waals surface area (Å²) in [6.07, 6.45) is 4.21. The van der Waals surface area contributed by atoms with Crippen LogP contribution in [0.25, 0.3) is 0 Å². The van der Waals surface area contributed by atoms with Gasteiger partial charge in [0.15, 0.2) is 11.6 Å². The van der Waals surface area contributed by atoms with Gasteiger partial charge in [-0.2, -0.15) is 0 Å². The van der Waals surface area contributed by atoms with Crippen LogP contribution in [0.2, 0.25) is 0 Å². The first-order valence-electron chi connectivity index (χ1n) is 7.65. The number of anilines is 1. The topological polar surface area (TPSA) is 71.0 Å². The molecule has 0 spiro atoms. The first-order valence-corrected chi connectivity index (χ1v) is 7.65. The van der Waals surface area contributed by atoms with E-state index in [9.17, 15) is 9.18 Å². The highest BCUT2D eigenvalue weighted by atomic mass is 19.1. The minimum Gasteiger partial charge on any atom is -0.363 e. The molecule has 0 aromatic carbocycles. The molecular formula is C16H18FN5O. The Bertz CT molecular complexity index is 694. The molecular weight excluding hydrogens is 297 g/mol. The average molecular weight is 315 g/mol. The molecule has 23 heavy (non-hydrogen) atoms. The van der Waals surface area contributed by atoms with Gasteiger partial charge in [-0.05, 0) is 25.0 Å². The molecule has 2 aromatic rings. The van der Waals surface area contributed by atoms with Crippen LogP contribution >= 0.6 is 0 Å². The fraction of sp³-hybridized carbons (Fsp3) is 0.375. The first kappa shape index (κ1) is 15.3. The minimum absolute atomic E-state index is 0.0308. The van der Waals surface area contributed by atoms with Gasteiger partial charge >= 0.3 is 0 Å². The summed E-state index contributed by atoms with van der Waals surface area (Å²) in [5.41, 5.74) is 0.816. The van der Waals surface area contributed by atoms with Gasteiger partial charge < -0.3 is 10.2 Å². The molecule has 1 amide bonds. The number of halogens is 1. The van der Waals surface area contributed by atoms with Crippen LogP contribution in [0.5, 0.6) is 0 Å². The number of nitrogens with one attached hydrogen (secondary N) is 1. The molecule has 1 unspecified atom stereocenters. The van der Waals surface area contributed by atoms with Gasteiger partial charge in [0.25, 0.3) is 5.91 Å². The zero-order valence-electron chi connectivity index (χ0n) is 12.9. The van der Waals surface area contributed by atoms with Crippen molar-refractivity contribution in [1.29, 1.82) is 0 Å². The molecule has 6 nitrogen and oxygen atoms in total. The number of rotatable bonds is 4. The highest BCUT2D eigenvalue weighted by Crippen LogP contribution is 2.19. The van der Waals surface area contributed by atoms with Crippen molar-refractivity contribution in [1.82, 2.24) is 19.9 Å². The van der Waals surface area contributed by atoms with Crippen LogP contribution < -0.4 is 5.32 Å². The Morgan fingerprint density at radius 1 is 1.39 bits per heavy atom. The normalized spacial score (nSPS) is 17.3. The molecule has 1 aliphatic heterocycles. The summed E-state index contributed by atoms with van der Waals surface area (Å²) in [5, 5.41) is 3.08. The van der Waals surface area contributed by atoms with E-state index in [0.717, 1.165) is 6.42 Å². The maximum Gasteiger partial charge on any atom is 0.272 e. The van der Waals surface area contributed by atoms with Crippen LogP contribution in [-0.4, -0.2) is 44.9 Å². The van der Waals surface area contributed by atoms with Crippen molar-refractivity contribution < 1.29 is 9.18 Å². The van der Waals surface area contributed by atoms with Crippen LogP contribution in [0.4, 0.5) is 10.2 Å². The minimum atomic E-state index is -0.412. The predicted octanol–water partition coefficient (Wildman–Crippen LogP) is 1.90. The molecule has 1 N–H and O–H groups in total. The number of aryl methyl sites for hydroxylation is 1. The lowest BCUT2D eigenvalue weighted by molar-refractivity contribution is 0.0786. The standard InChI is InChI=1S/C16H18FN5O/c1-2-12-14(17)15(20-10-19-12)21-11-6-8-22(9-11)16(23)13-5-3-4-7-18-13/h3-5,7,10-11H,2,6,8-9H2,1H3,(H,19,20,21). The fourth-order valence-corrected chi connectivity index (χ4v) is 2.66. The zero-order valence-corrected chi connectivity index (χ0v) is 12.9. The molecule has 120 valence electrons. The number of amides is 1. The molecule has 7 heteroatoms. The van der Waals surface area contributed by atoms with Crippen LogP contribution in [0.1, 0.15) is 29.5 Å². The third kappa shape index (κ3) is 3.28. The Labute approximate surface area is 133 Å². The first-order chi connectivity index (χ1) is 11.2. The third-order valence-corrected chi connectivity index (χ3v) is 3.90. The largest absolute Gasteiger partial charge is 0.363 e. The smallest absolute Gasteiger partial charge is 0.272 e. The summed E-state index contributed by atoms with van der Waals surface area (Å²) in [6.45, 7) is 2.96. The van der Waals surface area contributed by atoms with E-state index in [1.165, 1.54) is 6.33 Å². The van der Waals surface area contributed by atoms with Gasteiger partial charge in [-0.3, -0.25) is 9.78 Å². The highest BCUT2D eigenvalue weighted by Gasteiger charge is 2.28. The number of hydrogen-bond acceptors (Lipinski definition) is 5. The molecule has 0 bridgehead atoms. The number of hydrogen-bond donors (Lipinski definition) is 1. The van der Waals surface area contributed by atoms with Gasteiger partial charge in [-0.15, -0.1) is 0 Å². The fourth-order valence-electron chi connectivity index (χ4n) is 2.66. The van der Waals surface area contributed by atoms with Crippen LogP contribution in [-0.2, 0) is 6.42 Å². The van der Waals surface area contributed by atoms with Gasteiger partial charge in [0, 0.05) is 25.3 Å². The van der Waals surface area contributed by atoms with Gasteiger partial charge in [-0.25, -0.2) is 14.4 Å². The lowest BCUT2D eigenvalue weighted by Gasteiger charge is -2.17. The molecule has 3 rings (SSSR count). The summed E-state index contributed by atoms with van der Waals surface area (Å²) in [4.78, 5) is 26.0. The van der Waals surface area contributed by atoms with Crippen molar-refractivity contribution in [3.63, 3.8) is 0 Å². The summed E-state index contributed by atoms with van der Waals surface area (Å²) in [5.74, 6) is -0.314. The lowest BCUT2D eigenvalue weighted by atomic mass is 10.2. The van der Waals surface area contributed by atoms with Crippen molar-refractivity contribution in [2.24, 2.45) is 0 Å². The van der Waals surface area contributed by atoms with Gasteiger partial charge in [-0.1, -0.05) is 13.0 Å². The van der Waals surface area contributed by atoms with Crippen molar-refractivity contribution in [3.05, 3.63) is 47.9 Å². The van der Waals surface area contributed by atoms with E-state index in [0.29, 0.717) is 30.9 Å². The molecule has 2 aromatic heterocycles. The molecule has 1 aliphatic rings. The molecule has 0 aliphatic carbocycles. The van der Waals surface area contributed by atoms with Gasteiger partial charge in [0.1, 0.15) is 12.0 Å². The van der Waals surface area contributed by atoms with E-state index in [2.05, 4.69) is 20.3 Å². The Hall–Kier alpha value is -2.57. The highest BCUT2D eigenvalue weighted by molar-refractivity contribution is 5.92. The number of likely N-dealkylation sites (tertiary alicyclic amines) is 1. The second-order valence-corrected chi connectivity index (χ2v) is 5.43. The van der Waals surface area contributed by atoms with E-state index in [4.69, 9.17) is 0 Å². The Balaban J connectivity index is 1.66. The summed E-state index contributed by atoms with van der Waals surface area (Å²) in [7, 11) is 0. The van der Waals surface area contributed by atoms with Crippen LogP contribution in [0.3, 0.4) is 0 Å². The predicted molar refractivity (Wildman–Crippen MR) is 83.5 cm³/mol. The van der Waals surface area contributed by atoms with Crippen molar-refractivity contribution in [2.75, 3.05) is 18.4 Å². The monoisotopic (exact) mass is 315 g/mol. The number of carbonyl (C=O) groups excluding carboxylic acids is 1. The Morgan fingerprint density at radius 2 is 2.26 bits per heavy atom. The van der Waals surface area contributed by atoms with Gasteiger partial charge in [0.2, 0.25) is 0 Å². The van der Waals surface area contributed by atoms with E-state index >= 15 is 0 Å². The number of carbonyl (C=O) groups is 1. The molecule has 1 saturated heterocycles. The van der Waals surface area contributed by atoms with E-state index in [-0.39, 0.29) is 17.8 Å². The number of aromatic nitrogens is 3. The van der Waals surface area contributed by atoms with E-state index in [1.807, 2.05) is 6.92 Å². The van der Waals surface area contributed by atoms with Crippen LogP contribution in [0.15, 0.2) is 30.7 Å². The zero-order chi connectivity index (χ0) is 16.2. The second kappa shape index (κ2) is 6.68. The molecule has 1 fully saturated rings. The van der Waals surface area contributed by atoms with Crippen molar-refractivity contribution in [3.8, 4) is 0 Å². The number of pyridine rings is 1. The molecule has 0 saturated carbocycles. The third-order valence-electron chi connectivity index (χ3n) is 3.90. The maximum absolute atomic E-state index is 14.2. The molecule has 0 radical (unpaired) electrons. The van der Waals surface area contributed by atoms with E-state index in [1.54, 1.807) is 29.3 Å². The van der Waals surface area contributed by atoms with Crippen LogP contribution in [0, 0.1) is 5.82 Å². The van der Waals surface area contributed by atoms with E-state index < -0.39 is 5.82 Å². The van der Waals surface area contributed by atoms with Crippen molar-refractivity contribution in [2.45, 2.75) is 25.8 Å². The summed E-state index contributed by atoms with van der Waals surface area (Å²) < 4.78 is 14.2. The SMILES string of the molecule is CCc1ncnc(NC2CCN(C(=O)c3ccccn3)C2)c1F.